The molecule has 0 fully saturated rings. The number of benzene rings is 2. The smallest absolute Gasteiger partial charge is 0.261 e. The van der Waals surface area contributed by atoms with Gasteiger partial charge in [-0.1, -0.05) is 22.9 Å². The number of anilines is 1. The van der Waals surface area contributed by atoms with Crippen molar-refractivity contribution in [3.8, 4) is 5.75 Å². The first kappa shape index (κ1) is 24.3. The molecule has 0 saturated heterocycles. The molecule has 0 heterocycles. The Hall–Kier alpha value is -2.01. The van der Waals surface area contributed by atoms with Crippen molar-refractivity contribution in [3.63, 3.8) is 0 Å². The quantitative estimate of drug-likeness (QED) is 0.460. The fourth-order valence-electron chi connectivity index (χ4n) is 2.43. The van der Waals surface area contributed by atoms with Gasteiger partial charge in [-0.15, -0.1) is 0 Å². The van der Waals surface area contributed by atoms with E-state index in [1.54, 1.807) is 37.3 Å². The number of carbonyl (C=O) groups is 1. The van der Waals surface area contributed by atoms with Crippen LogP contribution in [-0.2, 0) is 10.0 Å². The van der Waals surface area contributed by atoms with Crippen molar-refractivity contribution in [1.82, 2.24) is 10.0 Å². The van der Waals surface area contributed by atoms with E-state index in [1.807, 2.05) is 13.8 Å². The Morgan fingerprint density at radius 2 is 1.83 bits per heavy atom. The number of hydrogen-bond acceptors (Lipinski definition) is 5. The van der Waals surface area contributed by atoms with E-state index < -0.39 is 15.9 Å². The van der Waals surface area contributed by atoms with Gasteiger partial charge in [-0.2, -0.15) is 0 Å². The fourth-order valence-corrected chi connectivity index (χ4v) is 4.33. The van der Waals surface area contributed by atoms with E-state index in [0.717, 1.165) is 4.47 Å². The molecule has 0 radical (unpaired) electrons. The van der Waals surface area contributed by atoms with Gasteiger partial charge in [0.1, 0.15) is 5.75 Å². The van der Waals surface area contributed by atoms with Gasteiger partial charge in [0.2, 0.25) is 10.0 Å². The topological polar surface area (TPSA) is 96.5 Å². The lowest BCUT2D eigenvalue weighted by atomic mass is 10.2. The molecule has 0 aliphatic heterocycles. The van der Waals surface area contributed by atoms with E-state index in [-0.39, 0.29) is 16.0 Å². The zero-order valence-electron chi connectivity index (χ0n) is 16.9. The molecule has 1 unspecified atom stereocenters. The van der Waals surface area contributed by atoms with Crippen molar-refractivity contribution in [2.75, 3.05) is 11.9 Å². The Morgan fingerprint density at radius 1 is 1.17 bits per heavy atom. The number of hydrogen-bond donors (Lipinski definition) is 3. The first-order valence-corrected chi connectivity index (χ1v) is 12.0. The second-order valence-corrected chi connectivity index (χ2v) is 9.47. The summed E-state index contributed by atoms with van der Waals surface area (Å²) >= 11 is 8.55. The summed E-state index contributed by atoms with van der Waals surface area (Å²) in [5, 5.41) is 5.55. The number of thiocarbonyl (C=S) groups is 1. The molecule has 0 spiro atoms. The van der Waals surface area contributed by atoms with Crippen LogP contribution in [0.4, 0.5) is 5.69 Å². The minimum atomic E-state index is -3.58. The Balaban J connectivity index is 2.05. The zero-order valence-corrected chi connectivity index (χ0v) is 20.1. The minimum Gasteiger partial charge on any atom is -0.493 e. The van der Waals surface area contributed by atoms with Crippen LogP contribution in [-0.4, -0.2) is 32.1 Å². The molecule has 30 heavy (non-hydrogen) atoms. The lowest BCUT2D eigenvalue weighted by Gasteiger charge is -2.14. The fraction of sp³-hybridized carbons (Fsp3) is 0.300. The van der Waals surface area contributed by atoms with Gasteiger partial charge in [0, 0.05) is 16.2 Å². The number of sulfonamides is 1. The third kappa shape index (κ3) is 6.76. The van der Waals surface area contributed by atoms with Gasteiger partial charge in [0.05, 0.1) is 17.1 Å². The maximum Gasteiger partial charge on any atom is 0.261 e. The molecule has 10 heteroatoms. The highest BCUT2D eigenvalue weighted by Crippen LogP contribution is 2.23. The summed E-state index contributed by atoms with van der Waals surface area (Å²) in [7, 11) is -3.58. The highest BCUT2D eigenvalue weighted by molar-refractivity contribution is 9.10. The van der Waals surface area contributed by atoms with E-state index in [0.29, 0.717) is 30.0 Å². The maximum absolute atomic E-state index is 12.6. The predicted molar refractivity (Wildman–Crippen MR) is 126 cm³/mol. The monoisotopic (exact) mass is 513 g/mol. The Kier molecular flexibility index (Phi) is 8.78. The lowest BCUT2D eigenvalue weighted by molar-refractivity contribution is 0.0974. The molecule has 0 saturated carbocycles. The Labute approximate surface area is 190 Å². The van der Waals surface area contributed by atoms with Gasteiger partial charge in [-0.3, -0.25) is 10.1 Å². The van der Waals surface area contributed by atoms with Gasteiger partial charge in [0.15, 0.2) is 5.11 Å². The van der Waals surface area contributed by atoms with Crippen molar-refractivity contribution in [1.29, 1.82) is 0 Å². The molecular weight excluding hydrogens is 490 g/mol. The van der Waals surface area contributed by atoms with Crippen LogP contribution in [0.5, 0.6) is 5.75 Å². The Bertz CT molecular complexity index is 1010. The van der Waals surface area contributed by atoms with Crippen LogP contribution < -0.4 is 20.1 Å². The van der Waals surface area contributed by atoms with Gasteiger partial charge in [-0.25, -0.2) is 13.1 Å². The normalized spacial score (nSPS) is 12.1. The molecule has 7 nitrogen and oxygen atoms in total. The van der Waals surface area contributed by atoms with E-state index in [9.17, 15) is 13.2 Å². The average Bonchev–Trinajstić information content (AvgIpc) is 2.69. The molecule has 0 aliphatic carbocycles. The van der Waals surface area contributed by atoms with Crippen LogP contribution >= 0.6 is 28.1 Å². The maximum atomic E-state index is 12.6. The number of carbonyl (C=O) groups excluding carboxylic acids is 1. The second kappa shape index (κ2) is 10.9. The molecule has 0 aliphatic rings. The SMILES string of the molecule is CCOc1ccc(Br)cc1C(=O)NC(=S)Nc1ccc(S(=O)(=O)NC(C)CC)cc1. The number of rotatable bonds is 8. The van der Waals surface area contributed by atoms with Crippen molar-refractivity contribution in [2.24, 2.45) is 0 Å². The Morgan fingerprint density at radius 3 is 2.43 bits per heavy atom. The average molecular weight is 514 g/mol. The molecule has 1 amide bonds. The first-order valence-electron chi connectivity index (χ1n) is 9.33. The lowest BCUT2D eigenvalue weighted by Crippen LogP contribution is -2.34. The van der Waals surface area contributed by atoms with E-state index in [4.69, 9.17) is 17.0 Å². The highest BCUT2D eigenvalue weighted by atomic mass is 79.9. The zero-order chi connectivity index (χ0) is 22.3. The molecule has 3 N–H and O–H groups in total. The van der Waals surface area contributed by atoms with Crippen molar-refractivity contribution in [3.05, 3.63) is 52.5 Å². The van der Waals surface area contributed by atoms with Crippen LogP contribution in [0.25, 0.3) is 0 Å². The third-order valence-electron chi connectivity index (χ3n) is 4.10. The van der Waals surface area contributed by atoms with Crippen molar-refractivity contribution in [2.45, 2.75) is 38.1 Å². The van der Waals surface area contributed by atoms with Gasteiger partial charge in [0.25, 0.3) is 5.91 Å². The van der Waals surface area contributed by atoms with E-state index >= 15 is 0 Å². The molecule has 162 valence electrons. The number of halogens is 1. The molecule has 1 atom stereocenters. The van der Waals surface area contributed by atoms with Crippen LogP contribution in [0, 0.1) is 0 Å². The first-order chi connectivity index (χ1) is 14.2. The standard InChI is InChI=1S/C20H24BrN3O4S2/c1-4-13(3)24-30(26,27)16-9-7-15(8-10-16)22-20(29)23-19(25)17-12-14(21)6-11-18(17)28-5-2/h6-13,24H,4-5H2,1-3H3,(H2,22,23,25,29). The second-order valence-electron chi connectivity index (χ2n) is 6.44. The number of nitrogens with one attached hydrogen (secondary N) is 3. The summed E-state index contributed by atoms with van der Waals surface area (Å²) in [5.74, 6) is 0.0265. The van der Waals surface area contributed by atoms with Crippen molar-refractivity contribution < 1.29 is 17.9 Å². The van der Waals surface area contributed by atoms with Crippen molar-refractivity contribution >= 4 is 54.9 Å². The van der Waals surface area contributed by atoms with Gasteiger partial charge >= 0.3 is 0 Å². The number of ether oxygens (including phenoxy) is 1. The van der Waals surface area contributed by atoms with Gasteiger partial charge < -0.3 is 10.1 Å². The summed E-state index contributed by atoms with van der Waals surface area (Å²) in [6.45, 7) is 5.96. The summed E-state index contributed by atoms with van der Waals surface area (Å²) in [4.78, 5) is 12.7. The number of amides is 1. The highest BCUT2D eigenvalue weighted by Gasteiger charge is 2.17. The molecule has 0 aromatic heterocycles. The van der Waals surface area contributed by atoms with E-state index in [1.165, 1.54) is 12.1 Å². The molecule has 2 aromatic rings. The molecule has 2 aromatic carbocycles. The summed E-state index contributed by atoms with van der Waals surface area (Å²) in [6, 6.07) is 11.1. The van der Waals surface area contributed by atoms with Crippen LogP contribution in [0.3, 0.4) is 0 Å². The van der Waals surface area contributed by atoms with Gasteiger partial charge in [-0.05, 0) is 75.0 Å². The summed E-state index contributed by atoms with van der Waals surface area (Å²) < 4.78 is 33.5. The largest absolute Gasteiger partial charge is 0.493 e. The van der Waals surface area contributed by atoms with Crippen LogP contribution in [0.2, 0.25) is 0 Å². The predicted octanol–water partition coefficient (Wildman–Crippen LogP) is 4.05. The van der Waals surface area contributed by atoms with E-state index in [2.05, 4.69) is 31.3 Å². The minimum absolute atomic E-state index is 0.0794. The van der Waals surface area contributed by atoms with Crippen LogP contribution in [0.1, 0.15) is 37.6 Å². The summed E-state index contributed by atoms with van der Waals surface area (Å²) in [5.41, 5.74) is 0.884. The van der Waals surface area contributed by atoms with Crippen LogP contribution in [0.15, 0.2) is 51.8 Å². The molecular formula is C20H24BrN3O4S2. The summed E-state index contributed by atoms with van der Waals surface area (Å²) in [6.07, 6.45) is 0.690. The molecule has 0 bridgehead atoms. The molecule has 2 rings (SSSR count). The third-order valence-corrected chi connectivity index (χ3v) is 6.41.